The maximum atomic E-state index is 5.88. The van der Waals surface area contributed by atoms with Gasteiger partial charge in [0.05, 0.1) is 12.4 Å². The first kappa shape index (κ1) is 11.7. The third kappa shape index (κ3) is 2.13. The van der Waals surface area contributed by atoms with Crippen LogP contribution in [0.3, 0.4) is 0 Å². The lowest BCUT2D eigenvalue weighted by molar-refractivity contribution is 0.108. The fourth-order valence-electron chi connectivity index (χ4n) is 2.39. The number of nitrogens with zero attached hydrogens (tertiary/aromatic N) is 3. The van der Waals surface area contributed by atoms with Gasteiger partial charge in [-0.2, -0.15) is 9.97 Å². The topological polar surface area (TPSA) is 75.7 Å². The van der Waals surface area contributed by atoms with E-state index in [9.17, 15) is 0 Å². The Morgan fingerprint density at radius 3 is 3.11 bits per heavy atom. The largest absolute Gasteiger partial charge is 0.381 e. The number of hydrogen-bond acceptors (Lipinski definition) is 5. The molecule has 1 aliphatic carbocycles. The number of H-pyrrole nitrogens is 1. The summed E-state index contributed by atoms with van der Waals surface area (Å²) in [5, 5.41) is 3.60. The number of ether oxygens (including phenoxy) is 1. The Labute approximate surface area is 109 Å². The number of anilines is 1. The van der Waals surface area contributed by atoms with Gasteiger partial charge in [-0.25, -0.2) is 4.98 Å². The molecule has 3 rings (SSSR count). The number of hydrogen-bond donors (Lipinski definition) is 2. The summed E-state index contributed by atoms with van der Waals surface area (Å²) in [7, 11) is 1.75. The minimum Gasteiger partial charge on any atom is -0.381 e. The van der Waals surface area contributed by atoms with Gasteiger partial charge in [-0.3, -0.25) is 0 Å². The Morgan fingerprint density at radius 2 is 2.33 bits per heavy atom. The van der Waals surface area contributed by atoms with Crippen LogP contribution in [0.1, 0.15) is 19.3 Å². The van der Waals surface area contributed by atoms with Crippen molar-refractivity contribution in [1.29, 1.82) is 0 Å². The molecule has 0 spiro atoms. The molecule has 1 saturated carbocycles. The quantitative estimate of drug-likeness (QED) is 0.832. The first-order valence-corrected chi connectivity index (χ1v) is 6.30. The van der Waals surface area contributed by atoms with E-state index in [1.165, 1.54) is 0 Å². The molecule has 1 fully saturated rings. The second-order valence-electron chi connectivity index (χ2n) is 4.45. The van der Waals surface area contributed by atoms with Gasteiger partial charge in [0.1, 0.15) is 5.52 Å². The summed E-state index contributed by atoms with van der Waals surface area (Å²) in [6.45, 7) is 0. The minimum atomic E-state index is 0.207. The van der Waals surface area contributed by atoms with Crippen molar-refractivity contribution in [2.45, 2.75) is 31.4 Å². The maximum absolute atomic E-state index is 5.88. The van der Waals surface area contributed by atoms with E-state index >= 15 is 0 Å². The van der Waals surface area contributed by atoms with Crippen LogP contribution in [-0.2, 0) is 4.74 Å². The van der Waals surface area contributed by atoms with Crippen molar-refractivity contribution in [1.82, 2.24) is 19.9 Å². The van der Waals surface area contributed by atoms with Gasteiger partial charge in [-0.05, 0) is 30.9 Å². The van der Waals surface area contributed by atoms with Crippen LogP contribution >= 0.6 is 11.6 Å². The van der Waals surface area contributed by atoms with Crippen molar-refractivity contribution in [3.63, 3.8) is 0 Å². The highest BCUT2D eigenvalue weighted by Crippen LogP contribution is 2.26. The Kier molecular flexibility index (Phi) is 3.05. The molecule has 2 aromatic rings. The van der Waals surface area contributed by atoms with E-state index in [0.717, 1.165) is 24.8 Å². The molecule has 0 amide bonds. The zero-order chi connectivity index (χ0) is 12.5. The summed E-state index contributed by atoms with van der Waals surface area (Å²) in [6.07, 6.45) is 5.04. The third-order valence-electron chi connectivity index (χ3n) is 3.32. The first-order chi connectivity index (χ1) is 8.76. The van der Waals surface area contributed by atoms with Crippen molar-refractivity contribution in [3.05, 3.63) is 11.6 Å². The van der Waals surface area contributed by atoms with E-state index in [1.54, 1.807) is 13.4 Å². The van der Waals surface area contributed by atoms with Crippen LogP contribution in [0.4, 0.5) is 5.82 Å². The molecule has 2 N–H and O–H groups in total. The summed E-state index contributed by atoms with van der Waals surface area (Å²) in [5.41, 5.74) is 1.37. The summed E-state index contributed by atoms with van der Waals surface area (Å²) in [4.78, 5) is 15.4. The van der Waals surface area contributed by atoms with Gasteiger partial charge in [0.2, 0.25) is 5.28 Å². The molecule has 2 atom stereocenters. The fourth-order valence-corrected chi connectivity index (χ4v) is 2.55. The van der Waals surface area contributed by atoms with Crippen LogP contribution in [0, 0.1) is 0 Å². The molecule has 0 saturated heterocycles. The van der Waals surface area contributed by atoms with E-state index in [4.69, 9.17) is 16.3 Å². The number of imidazole rings is 1. The van der Waals surface area contributed by atoms with E-state index in [1.807, 2.05) is 0 Å². The van der Waals surface area contributed by atoms with E-state index < -0.39 is 0 Å². The highest BCUT2D eigenvalue weighted by Gasteiger charge is 2.25. The standard InChI is InChI=1S/C11H14ClN5O/c1-18-7-3-2-6(4-7)15-10-8-9(14-5-13-8)16-11(12)17-10/h5-7H,2-4H2,1H3,(H2,13,14,15,16,17). The van der Waals surface area contributed by atoms with Gasteiger partial charge in [0, 0.05) is 13.2 Å². The number of aromatic amines is 1. The molecule has 6 nitrogen and oxygen atoms in total. The second kappa shape index (κ2) is 4.70. The molecule has 96 valence electrons. The lowest BCUT2D eigenvalue weighted by Crippen LogP contribution is -2.18. The molecular formula is C11H14ClN5O. The number of aromatic nitrogens is 4. The van der Waals surface area contributed by atoms with Crippen LogP contribution in [0.15, 0.2) is 6.33 Å². The normalized spacial score (nSPS) is 23.7. The predicted octanol–water partition coefficient (Wildman–Crippen LogP) is 1.99. The number of halogens is 1. The van der Waals surface area contributed by atoms with E-state index in [-0.39, 0.29) is 5.28 Å². The first-order valence-electron chi connectivity index (χ1n) is 5.92. The number of fused-ring (bicyclic) bond motifs is 1. The van der Waals surface area contributed by atoms with Crippen LogP contribution < -0.4 is 5.32 Å². The van der Waals surface area contributed by atoms with E-state index in [2.05, 4.69) is 25.3 Å². The minimum absolute atomic E-state index is 0.207. The van der Waals surface area contributed by atoms with Crippen LogP contribution in [-0.4, -0.2) is 39.2 Å². The SMILES string of the molecule is COC1CCC(Nc2nc(Cl)nc3nc[nH]c23)C1. The van der Waals surface area contributed by atoms with Crippen LogP contribution in [0.25, 0.3) is 11.2 Å². The average Bonchev–Trinajstić information content (AvgIpc) is 2.97. The van der Waals surface area contributed by atoms with Crippen molar-refractivity contribution < 1.29 is 4.74 Å². The summed E-state index contributed by atoms with van der Waals surface area (Å²) in [6, 6.07) is 0.354. The molecule has 0 aromatic carbocycles. The van der Waals surface area contributed by atoms with Crippen molar-refractivity contribution >= 4 is 28.6 Å². The fraction of sp³-hybridized carbons (Fsp3) is 0.545. The molecule has 0 aliphatic heterocycles. The molecule has 18 heavy (non-hydrogen) atoms. The Hall–Kier alpha value is -1.40. The number of methoxy groups -OCH3 is 1. The molecule has 0 bridgehead atoms. The zero-order valence-electron chi connectivity index (χ0n) is 9.98. The Morgan fingerprint density at radius 1 is 1.44 bits per heavy atom. The summed E-state index contributed by atoms with van der Waals surface area (Å²) < 4.78 is 5.36. The van der Waals surface area contributed by atoms with Crippen LogP contribution in [0.5, 0.6) is 0 Å². The lowest BCUT2D eigenvalue weighted by Gasteiger charge is -2.13. The van der Waals surface area contributed by atoms with E-state index in [0.29, 0.717) is 23.6 Å². The maximum Gasteiger partial charge on any atom is 0.226 e. The van der Waals surface area contributed by atoms with Crippen LogP contribution in [0.2, 0.25) is 5.28 Å². The number of nitrogens with one attached hydrogen (secondary N) is 2. The smallest absolute Gasteiger partial charge is 0.226 e. The highest BCUT2D eigenvalue weighted by molar-refractivity contribution is 6.28. The lowest BCUT2D eigenvalue weighted by atomic mass is 10.2. The third-order valence-corrected chi connectivity index (χ3v) is 3.49. The van der Waals surface area contributed by atoms with Gasteiger partial charge >= 0.3 is 0 Å². The van der Waals surface area contributed by atoms with Crippen molar-refractivity contribution in [2.24, 2.45) is 0 Å². The van der Waals surface area contributed by atoms with Gasteiger partial charge in [-0.15, -0.1) is 0 Å². The molecule has 2 unspecified atom stereocenters. The van der Waals surface area contributed by atoms with Gasteiger partial charge in [-0.1, -0.05) is 0 Å². The summed E-state index contributed by atoms with van der Waals surface area (Å²) >= 11 is 5.88. The van der Waals surface area contributed by atoms with Gasteiger partial charge < -0.3 is 15.0 Å². The highest BCUT2D eigenvalue weighted by atomic mass is 35.5. The zero-order valence-corrected chi connectivity index (χ0v) is 10.7. The second-order valence-corrected chi connectivity index (χ2v) is 4.79. The molecule has 1 aliphatic rings. The molecule has 2 heterocycles. The predicted molar refractivity (Wildman–Crippen MR) is 68.8 cm³/mol. The molecular weight excluding hydrogens is 254 g/mol. The molecule has 2 aromatic heterocycles. The Bertz CT molecular complexity index is 557. The number of rotatable bonds is 3. The average molecular weight is 268 g/mol. The molecule has 7 heteroatoms. The monoisotopic (exact) mass is 267 g/mol. The summed E-state index contributed by atoms with van der Waals surface area (Å²) in [5.74, 6) is 0.712. The van der Waals surface area contributed by atoms with Gasteiger partial charge in [0.15, 0.2) is 11.5 Å². The Balaban J connectivity index is 1.84. The van der Waals surface area contributed by atoms with Gasteiger partial charge in [0.25, 0.3) is 0 Å². The van der Waals surface area contributed by atoms with Crippen molar-refractivity contribution in [3.8, 4) is 0 Å². The van der Waals surface area contributed by atoms with Crippen molar-refractivity contribution in [2.75, 3.05) is 12.4 Å². The molecule has 0 radical (unpaired) electrons.